The van der Waals surface area contributed by atoms with Crippen molar-refractivity contribution in [2.75, 3.05) is 13.0 Å². The molecule has 3 aromatic heterocycles. The molecule has 0 spiro atoms. The number of hydrogen-bond acceptors (Lipinski definition) is 9. The highest BCUT2D eigenvalue weighted by molar-refractivity contribution is 7.98. The maximum atomic E-state index is 12.1. The summed E-state index contributed by atoms with van der Waals surface area (Å²) >= 11 is 2.73. The van der Waals surface area contributed by atoms with Crippen molar-refractivity contribution in [3.63, 3.8) is 0 Å². The standard InChI is InChI=1S/C16H15N7O2S2/c1-9-21-23-13(24)7-11(18-15(23)27-9)8-26-16-20-19-14(22(16)17)10-3-5-12(25-2)6-4-10/h3-7H,8,17H2,1-2H3. The number of fused-ring (bicyclic) bond motifs is 1. The summed E-state index contributed by atoms with van der Waals surface area (Å²) in [6.07, 6.45) is 0. The van der Waals surface area contributed by atoms with Gasteiger partial charge in [0.15, 0.2) is 5.82 Å². The number of methoxy groups -OCH3 is 1. The molecular formula is C16H15N7O2S2. The quantitative estimate of drug-likeness (QED) is 0.397. The molecule has 4 rings (SSSR count). The number of ether oxygens (including phenoxy) is 1. The van der Waals surface area contributed by atoms with E-state index in [2.05, 4.69) is 20.3 Å². The fourth-order valence-corrected chi connectivity index (χ4v) is 3.99. The van der Waals surface area contributed by atoms with Gasteiger partial charge in [-0.25, -0.2) is 9.66 Å². The van der Waals surface area contributed by atoms with Crippen LogP contribution in [0.4, 0.5) is 0 Å². The second-order valence-corrected chi connectivity index (χ2v) is 7.70. The van der Waals surface area contributed by atoms with Gasteiger partial charge in [0.25, 0.3) is 5.56 Å². The summed E-state index contributed by atoms with van der Waals surface area (Å²) in [6, 6.07) is 8.87. The Bertz CT molecular complexity index is 1160. The summed E-state index contributed by atoms with van der Waals surface area (Å²) < 4.78 is 7.89. The van der Waals surface area contributed by atoms with Crippen LogP contribution in [-0.2, 0) is 5.75 Å². The third-order valence-corrected chi connectivity index (χ3v) is 5.56. The summed E-state index contributed by atoms with van der Waals surface area (Å²) in [5, 5.41) is 13.7. The van der Waals surface area contributed by atoms with Crippen molar-refractivity contribution >= 4 is 28.1 Å². The lowest BCUT2D eigenvalue weighted by molar-refractivity contribution is 0.415. The third kappa shape index (κ3) is 3.38. The van der Waals surface area contributed by atoms with Gasteiger partial charge in [0, 0.05) is 17.4 Å². The fraction of sp³-hybridized carbons (Fsp3) is 0.188. The van der Waals surface area contributed by atoms with Crippen LogP contribution < -0.4 is 16.1 Å². The molecule has 0 radical (unpaired) electrons. The first-order valence-electron chi connectivity index (χ1n) is 7.89. The molecule has 0 unspecified atom stereocenters. The number of thioether (sulfide) groups is 1. The van der Waals surface area contributed by atoms with E-state index < -0.39 is 0 Å². The molecule has 0 saturated carbocycles. The Morgan fingerprint density at radius 1 is 1.26 bits per heavy atom. The van der Waals surface area contributed by atoms with Crippen molar-refractivity contribution in [2.45, 2.75) is 17.8 Å². The highest BCUT2D eigenvalue weighted by Gasteiger charge is 2.14. The summed E-state index contributed by atoms with van der Waals surface area (Å²) in [5.41, 5.74) is 1.27. The molecule has 0 saturated heterocycles. The van der Waals surface area contributed by atoms with Crippen LogP contribution in [0.3, 0.4) is 0 Å². The minimum Gasteiger partial charge on any atom is -0.497 e. The van der Waals surface area contributed by atoms with Crippen LogP contribution in [-0.4, -0.2) is 36.6 Å². The minimum absolute atomic E-state index is 0.201. The van der Waals surface area contributed by atoms with Crippen molar-refractivity contribution in [2.24, 2.45) is 0 Å². The Kier molecular flexibility index (Phi) is 4.54. The second-order valence-electron chi connectivity index (χ2n) is 5.59. The monoisotopic (exact) mass is 401 g/mol. The lowest BCUT2D eigenvalue weighted by Gasteiger charge is -2.05. The average molecular weight is 401 g/mol. The molecule has 0 aliphatic heterocycles. The van der Waals surface area contributed by atoms with Gasteiger partial charge in [-0.15, -0.1) is 10.2 Å². The largest absolute Gasteiger partial charge is 0.497 e. The molecule has 138 valence electrons. The molecule has 0 bridgehead atoms. The second kappa shape index (κ2) is 7.00. The van der Waals surface area contributed by atoms with Crippen LogP contribution >= 0.6 is 23.1 Å². The van der Waals surface area contributed by atoms with Crippen LogP contribution in [0, 0.1) is 6.92 Å². The number of nitrogens with two attached hydrogens (primary N) is 1. The van der Waals surface area contributed by atoms with Gasteiger partial charge in [-0.1, -0.05) is 23.1 Å². The van der Waals surface area contributed by atoms with Crippen LogP contribution in [0.15, 0.2) is 40.3 Å². The van der Waals surface area contributed by atoms with Crippen LogP contribution in [0.25, 0.3) is 16.3 Å². The van der Waals surface area contributed by atoms with Crippen molar-refractivity contribution in [3.8, 4) is 17.1 Å². The number of hydrogen-bond donors (Lipinski definition) is 1. The summed E-state index contributed by atoms with van der Waals surface area (Å²) in [5.74, 6) is 7.88. The number of aromatic nitrogens is 6. The van der Waals surface area contributed by atoms with Gasteiger partial charge in [0.1, 0.15) is 10.8 Å². The van der Waals surface area contributed by atoms with Gasteiger partial charge < -0.3 is 10.6 Å². The van der Waals surface area contributed by atoms with E-state index in [1.54, 1.807) is 7.11 Å². The molecule has 0 fully saturated rings. The van der Waals surface area contributed by atoms with Crippen molar-refractivity contribution in [1.82, 2.24) is 29.5 Å². The lowest BCUT2D eigenvalue weighted by atomic mass is 10.2. The van der Waals surface area contributed by atoms with Gasteiger partial charge in [0.05, 0.1) is 12.8 Å². The van der Waals surface area contributed by atoms with E-state index in [-0.39, 0.29) is 5.56 Å². The molecule has 9 nitrogen and oxygen atoms in total. The smallest absolute Gasteiger partial charge is 0.275 e. The maximum Gasteiger partial charge on any atom is 0.275 e. The summed E-state index contributed by atoms with van der Waals surface area (Å²) in [7, 11) is 1.61. The topological polar surface area (TPSA) is 113 Å². The van der Waals surface area contributed by atoms with Crippen LogP contribution in [0.5, 0.6) is 5.75 Å². The number of aryl methyl sites for hydroxylation is 1. The van der Waals surface area contributed by atoms with Crippen molar-refractivity contribution in [1.29, 1.82) is 0 Å². The Morgan fingerprint density at radius 3 is 2.78 bits per heavy atom. The Hall–Kier alpha value is -2.92. The normalized spacial score (nSPS) is 11.2. The van der Waals surface area contributed by atoms with Crippen LogP contribution in [0.1, 0.15) is 10.7 Å². The zero-order valence-electron chi connectivity index (χ0n) is 14.5. The van der Waals surface area contributed by atoms with Crippen molar-refractivity contribution in [3.05, 3.63) is 51.4 Å². The zero-order valence-corrected chi connectivity index (χ0v) is 16.1. The van der Waals surface area contributed by atoms with Crippen LogP contribution in [0.2, 0.25) is 0 Å². The molecule has 0 atom stereocenters. The fourth-order valence-electron chi connectivity index (χ4n) is 2.48. The van der Waals surface area contributed by atoms with Gasteiger partial charge in [-0.2, -0.15) is 9.61 Å². The maximum absolute atomic E-state index is 12.1. The molecule has 2 N–H and O–H groups in total. The number of benzene rings is 1. The van der Waals surface area contributed by atoms with Gasteiger partial charge in [-0.3, -0.25) is 4.79 Å². The van der Waals surface area contributed by atoms with E-state index in [0.717, 1.165) is 16.3 Å². The Labute approximate surface area is 161 Å². The molecule has 4 aromatic rings. The van der Waals surface area contributed by atoms with E-state index in [1.807, 2.05) is 31.2 Å². The Balaban J connectivity index is 1.55. The molecular weight excluding hydrogens is 386 g/mol. The number of nitrogens with zero attached hydrogens (tertiary/aromatic N) is 6. The molecule has 0 aliphatic rings. The first-order chi connectivity index (χ1) is 13.0. The number of nitrogen functional groups attached to an aromatic ring is 1. The predicted molar refractivity (Wildman–Crippen MR) is 104 cm³/mol. The van der Waals surface area contributed by atoms with E-state index >= 15 is 0 Å². The summed E-state index contributed by atoms with van der Waals surface area (Å²) in [6.45, 7) is 1.84. The van der Waals surface area contributed by atoms with E-state index in [0.29, 0.717) is 27.4 Å². The average Bonchev–Trinajstić information content (AvgIpc) is 3.22. The van der Waals surface area contributed by atoms with Gasteiger partial charge in [0.2, 0.25) is 10.1 Å². The molecule has 0 amide bonds. The highest BCUT2D eigenvalue weighted by Crippen LogP contribution is 2.25. The van der Waals surface area contributed by atoms with Gasteiger partial charge >= 0.3 is 0 Å². The first-order valence-corrected chi connectivity index (χ1v) is 9.69. The summed E-state index contributed by atoms with van der Waals surface area (Å²) in [4.78, 5) is 17.2. The van der Waals surface area contributed by atoms with Crippen molar-refractivity contribution < 1.29 is 4.74 Å². The van der Waals surface area contributed by atoms with E-state index in [9.17, 15) is 4.79 Å². The zero-order chi connectivity index (χ0) is 19.0. The highest BCUT2D eigenvalue weighted by atomic mass is 32.2. The minimum atomic E-state index is -0.201. The Morgan fingerprint density at radius 2 is 2.04 bits per heavy atom. The first kappa shape index (κ1) is 17.5. The lowest BCUT2D eigenvalue weighted by Crippen LogP contribution is -2.15. The number of rotatable bonds is 5. The molecule has 1 aromatic carbocycles. The third-order valence-electron chi connectivity index (χ3n) is 3.76. The molecule has 0 aliphatic carbocycles. The predicted octanol–water partition coefficient (Wildman–Crippen LogP) is 1.73. The molecule has 27 heavy (non-hydrogen) atoms. The molecule has 3 heterocycles. The molecule has 11 heteroatoms. The van der Waals surface area contributed by atoms with E-state index in [4.69, 9.17) is 10.6 Å². The van der Waals surface area contributed by atoms with Gasteiger partial charge in [-0.05, 0) is 31.2 Å². The van der Waals surface area contributed by atoms with E-state index in [1.165, 1.54) is 38.4 Å². The SMILES string of the molecule is COc1ccc(-c2nnc(SCc3cc(=O)n4nc(C)sc4n3)n2N)cc1.